The summed E-state index contributed by atoms with van der Waals surface area (Å²) in [6, 6.07) is 23.7. The molecule has 144 valence electrons. The van der Waals surface area contributed by atoms with Crippen LogP contribution in [0.4, 0.5) is 5.82 Å². The van der Waals surface area contributed by atoms with Gasteiger partial charge in [0.1, 0.15) is 5.82 Å². The van der Waals surface area contributed by atoms with E-state index in [-0.39, 0.29) is 5.91 Å². The van der Waals surface area contributed by atoms with Crippen molar-refractivity contribution in [2.75, 3.05) is 5.32 Å². The summed E-state index contributed by atoms with van der Waals surface area (Å²) in [6.07, 6.45) is 1.59. The molecule has 0 saturated carbocycles. The number of anilines is 1. The Bertz CT molecular complexity index is 1130. The molecule has 0 fully saturated rings. The summed E-state index contributed by atoms with van der Waals surface area (Å²) in [5.74, 6) is 0.445. The molecule has 0 unspecified atom stereocenters. The number of nitrogens with zero attached hydrogens (tertiary/aromatic N) is 3. The van der Waals surface area contributed by atoms with E-state index in [0.29, 0.717) is 17.9 Å². The topological polar surface area (TPSA) is 59.8 Å². The third-order valence-electron chi connectivity index (χ3n) is 4.79. The van der Waals surface area contributed by atoms with E-state index in [1.54, 1.807) is 12.3 Å². The van der Waals surface area contributed by atoms with E-state index in [9.17, 15) is 4.79 Å². The maximum Gasteiger partial charge on any atom is 0.258 e. The van der Waals surface area contributed by atoms with Crippen LogP contribution in [0.3, 0.4) is 0 Å². The molecule has 1 amide bonds. The zero-order valence-electron chi connectivity index (χ0n) is 16.5. The first kappa shape index (κ1) is 18.6. The van der Waals surface area contributed by atoms with Crippen molar-refractivity contribution in [2.24, 2.45) is 0 Å². The smallest absolute Gasteiger partial charge is 0.258 e. The molecule has 0 aliphatic carbocycles. The normalized spacial score (nSPS) is 10.7. The van der Waals surface area contributed by atoms with Crippen LogP contribution in [0.5, 0.6) is 0 Å². The van der Waals surface area contributed by atoms with Crippen molar-refractivity contribution in [3.8, 4) is 11.3 Å². The molecule has 29 heavy (non-hydrogen) atoms. The van der Waals surface area contributed by atoms with Crippen molar-refractivity contribution in [1.82, 2.24) is 14.8 Å². The number of aryl methyl sites for hydroxylation is 2. The lowest BCUT2D eigenvalue weighted by atomic mass is 10.1. The molecule has 4 aromatic rings. The van der Waals surface area contributed by atoms with Crippen LogP contribution in [-0.4, -0.2) is 20.7 Å². The zero-order valence-corrected chi connectivity index (χ0v) is 16.5. The summed E-state index contributed by atoms with van der Waals surface area (Å²) in [5, 5.41) is 7.78. The zero-order chi connectivity index (χ0) is 20.2. The first-order chi connectivity index (χ1) is 14.1. The van der Waals surface area contributed by atoms with E-state index >= 15 is 0 Å². The number of hydrogen-bond donors (Lipinski definition) is 1. The lowest BCUT2D eigenvalue weighted by Crippen LogP contribution is -2.16. The summed E-state index contributed by atoms with van der Waals surface area (Å²) in [4.78, 5) is 17.0. The minimum Gasteiger partial charge on any atom is -0.307 e. The fourth-order valence-corrected chi connectivity index (χ4v) is 3.18. The number of carbonyl (C=O) groups excluding carboxylic acids is 1. The van der Waals surface area contributed by atoms with Gasteiger partial charge in [0.25, 0.3) is 5.91 Å². The number of amides is 1. The molecule has 5 heteroatoms. The molecule has 2 aromatic carbocycles. The second-order valence-electron chi connectivity index (χ2n) is 7.02. The van der Waals surface area contributed by atoms with Crippen molar-refractivity contribution in [3.05, 3.63) is 101 Å². The van der Waals surface area contributed by atoms with Crippen molar-refractivity contribution >= 4 is 11.7 Å². The molecule has 5 nitrogen and oxygen atoms in total. The molecule has 0 radical (unpaired) electrons. The Balaban J connectivity index is 1.69. The van der Waals surface area contributed by atoms with E-state index in [2.05, 4.69) is 23.3 Å². The van der Waals surface area contributed by atoms with Crippen molar-refractivity contribution in [3.63, 3.8) is 0 Å². The molecular weight excluding hydrogens is 360 g/mol. The molecule has 0 atom stereocenters. The fourth-order valence-electron chi connectivity index (χ4n) is 3.18. The van der Waals surface area contributed by atoms with Gasteiger partial charge in [-0.05, 0) is 37.1 Å². The van der Waals surface area contributed by atoms with Crippen LogP contribution in [0, 0.1) is 13.8 Å². The SMILES string of the molecule is Cc1ccc(C(=O)Nc2cc(-c3ccccc3C)nn2Cc2ccccc2)cn1. The monoisotopic (exact) mass is 382 g/mol. The summed E-state index contributed by atoms with van der Waals surface area (Å²) in [6.45, 7) is 4.52. The van der Waals surface area contributed by atoms with Crippen molar-refractivity contribution in [1.29, 1.82) is 0 Å². The quantitative estimate of drug-likeness (QED) is 0.536. The average molecular weight is 382 g/mol. The van der Waals surface area contributed by atoms with Crippen LogP contribution in [-0.2, 0) is 6.54 Å². The Kier molecular flexibility index (Phi) is 5.20. The lowest BCUT2D eigenvalue weighted by molar-refractivity contribution is 0.102. The van der Waals surface area contributed by atoms with Gasteiger partial charge in [-0.3, -0.25) is 9.78 Å². The number of aromatic nitrogens is 3. The van der Waals surface area contributed by atoms with Crippen LogP contribution in [0.1, 0.15) is 27.2 Å². The van der Waals surface area contributed by atoms with Gasteiger partial charge in [0.15, 0.2) is 0 Å². The maximum absolute atomic E-state index is 12.8. The summed E-state index contributed by atoms with van der Waals surface area (Å²) < 4.78 is 1.83. The maximum atomic E-state index is 12.8. The van der Waals surface area contributed by atoms with Crippen molar-refractivity contribution < 1.29 is 4.79 Å². The predicted octanol–water partition coefficient (Wildman–Crippen LogP) is 4.86. The second-order valence-corrected chi connectivity index (χ2v) is 7.02. The van der Waals surface area contributed by atoms with Gasteiger partial charge in [0, 0.05) is 23.5 Å². The van der Waals surface area contributed by atoms with Gasteiger partial charge in [-0.2, -0.15) is 5.10 Å². The largest absolute Gasteiger partial charge is 0.307 e. The highest BCUT2D eigenvalue weighted by atomic mass is 16.1. The first-order valence-corrected chi connectivity index (χ1v) is 9.52. The third kappa shape index (κ3) is 4.24. The highest BCUT2D eigenvalue weighted by Gasteiger charge is 2.15. The Labute approximate surface area is 170 Å². The number of nitrogens with one attached hydrogen (secondary N) is 1. The molecule has 2 heterocycles. The summed E-state index contributed by atoms with van der Waals surface area (Å²) in [7, 11) is 0. The third-order valence-corrected chi connectivity index (χ3v) is 4.79. The van der Waals surface area contributed by atoms with Gasteiger partial charge in [-0.1, -0.05) is 54.6 Å². The lowest BCUT2D eigenvalue weighted by Gasteiger charge is -2.09. The molecule has 0 aliphatic heterocycles. The summed E-state index contributed by atoms with van der Waals surface area (Å²) >= 11 is 0. The molecule has 2 aromatic heterocycles. The number of pyridine rings is 1. The second kappa shape index (κ2) is 8.10. The van der Waals surface area contributed by atoms with E-state index in [1.165, 1.54) is 0 Å². The number of rotatable bonds is 5. The Morgan fingerprint density at radius 1 is 0.966 bits per heavy atom. The van der Waals surface area contributed by atoms with E-state index in [4.69, 9.17) is 5.10 Å². The van der Waals surface area contributed by atoms with Gasteiger partial charge in [0.2, 0.25) is 0 Å². The highest BCUT2D eigenvalue weighted by molar-refractivity contribution is 6.03. The Hall–Kier alpha value is -3.73. The van der Waals surface area contributed by atoms with Gasteiger partial charge in [-0.15, -0.1) is 0 Å². The predicted molar refractivity (Wildman–Crippen MR) is 115 cm³/mol. The molecule has 1 N–H and O–H groups in total. The molecule has 0 saturated heterocycles. The number of hydrogen-bond acceptors (Lipinski definition) is 3. The van der Waals surface area contributed by atoms with Gasteiger partial charge in [-0.25, -0.2) is 4.68 Å². The Morgan fingerprint density at radius 3 is 2.45 bits per heavy atom. The average Bonchev–Trinajstić information content (AvgIpc) is 3.11. The molecule has 4 rings (SSSR count). The number of carbonyl (C=O) groups is 1. The molecule has 0 spiro atoms. The van der Waals surface area contributed by atoms with E-state index < -0.39 is 0 Å². The highest BCUT2D eigenvalue weighted by Crippen LogP contribution is 2.26. The van der Waals surface area contributed by atoms with Crippen LogP contribution >= 0.6 is 0 Å². The van der Waals surface area contributed by atoms with E-state index in [1.807, 2.05) is 72.3 Å². The van der Waals surface area contributed by atoms with Crippen molar-refractivity contribution in [2.45, 2.75) is 20.4 Å². The van der Waals surface area contributed by atoms with Crippen LogP contribution in [0.2, 0.25) is 0 Å². The van der Waals surface area contributed by atoms with Crippen LogP contribution in [0.25, 0.3) is 11.3 Å². The molecule has 0 aliphatic rings. The van der Waals surface area contributed by atoms with Crippen LogP contribution in [0.15, 0.2) is 79.0 Å². The first-order valence-electron chi connectivity index (χ1n) is 9.52. The molecule has 0 bridgehead atoms. The minimum absolute atomic E-state index is 0.206. The standard InChI is InChI=1S/C24H22N4O/c1-17-8-6-7-11-21(17)22-14-23(26-24(29)20-13-12-18(2)25-15-20)28(27-22)16-19-9-4-3-5-10-19/h3-15H,16H2,1-2H3,(H,26,29). The number of benzene rings is 2. The Morgan fingerprint density at radius 2 is 1.72 bits per heavy atom. The fraction of sp³-hybridized carbons (Fsp3) is 0.125. The van der Waals surface area contributed by atoms with E-state index in [0.717, 1.165) is 28.1 Å². The van der Waals surface area contributed by atoms with Gasteiger partial charge in [0.05, 0.1) is 17.8 Å². The van der Waals surface area contributed by atoms with Gasteiger partial charge < -0.3 is 5.32 Å². The summed E-state index contributed by atoms with van der Waals surface area (Å²) in [5.41, 5.74) is 5.51. The minimum atomic E-state index is -0.206. The molecular formula is C24H22N4O. The van der Waals surface area contributed by atoms with Gasteiger partial charge >= 0.3 is 0 Å². The van der Waals surface area contributed by atoms with Crippen LogP contribution < -0.4 is 5.32 Å².